The van der Waals surface area contributed by atoms with Crippen LogP contribution in [-0.2, 0) is 10.9 Å². The Kier molecular flexibility index (Phi) is 4.23. The Morgan fingerprint density at radius 3 is 2.55 bits per heavy atom. The first-order chi connectivity index (χ1) is 10.2. The number of aromatic nitrogens is 2. The molecule has 0 amide bonds. The Labute approximate surface area is 127 Å². The molecule has 1 heterocycles. The molecule has 1 aromatic carbocycles. The molecule has 0 aliphatic carbocycles. The number of ether oxygens (including phenoxy) is 1. The third kappa shape index (κ3) is 3.28. The van der Waals surface area contributed by atoms with Crippen LogP contribution < -0.4 is 5.73 Å². The maximum Gasteiger partial charge on any atom is 0.416 e. The van der Waals surface area contributed by atoms with E-state index in [0.29, 0.717) is 0 Å². The molecule has 116 valence electrons. The molecule has 0 atom stereocenters. The molecule has 0 bridgehead atoms. The van der Waals surface area contributed by atoms with E-state index in [1.165, 1.54) is 0 Å². The van der Waals surface area contributed by atoms with E-state index in [1.807, 2.05) is 0 Å². The van der Waals surface area contributed by atoms with Crippen LogP contribution in [0.15, 0.2) is 24.3 Å². The fourth-order valence-electron chi connectivity index (χ4n) is 1.72. The Morgan fingerprint density at radius 2 is 1.95 bits per heavy atom. The molecule has 2 N–H and O–H groups in total. The molecule has 0 radical (unpaired) electrons. The second kappa shape index (κ2) is 5.80. The van der Waals surface area contributed by atoms with Crippen LogP contribution in [0.5, 0.6) is 0 Å². The summed E-state index contributed by atoms with van der Waals surface area (Å²) >= 11 is 5.69. The predicted octanol–water partition coefficient (Wildman–Crippen LogP) is 3.18. The van der Waals surface area contributed by atoms with Gasteiger partial charge in [-0.3, -0.25) is 0 Å². The van der Waals surface area contributed by atoms with Gasteiger partial charge in [0.25, 0.3) is 0 Å². The second-order valence-electron chi connectivity index (χ2n) is 4.20. The first-order valence-electron chi connectivity index (χ1n) is 5.82. The maximum atomic E-state index is 12.8. The average molecular weight is 332 g/mol. The average Bonchev–Trinajstić information content (AvgIpc) is 2.44. The van der Waals surface area contributed by atoms with Crippen molar-refractivity contribution in [2.75, 3.05) is 12.8 Å². The number of rotatable bonds is 2. The Morgan fingerprint density at radius 1 is 1.27 bits per heavy atom. The van der Waals surface area contributed by atoms with Gasteiger partial charge in [-0.2, -0.15) is 13.2 Å². The summed E-state index contributed by atoms with van der Waals surface area (Å²) in [6.07, 6.45) is -4.54. The fraction of sp³-hybridized carbons (Fsp3) is 0.154. The quantitative estimate of drug-likeness (QED) is 0.519. The van der Waals surface area contributed by atoms with Crippen molar-refractivity contribution in [3.63, 3.8) is 0 Å². The zero-order chi connectivity index (χ0) is 16.5. The topological polar surface area (TPSA) is 78.1 Å². The largest absolute Gasteiger partial charge is 0.464 e. The van der Waals surface area contributed by atoms with Crippen LogP contribution in [0, 0.1) is 0 Å². The SMILES string of the molecule is COC(=O)c1cc(-c2cc(C(F)(F)F)ccc2N)nc(Cl)n1. The highest BCUT2D eigenvalue weighted by molar-refractivity contribution is 6.28. The van der Waals surface area contributed by atoms with Gasteiger partial charge >= 0.3 is 12.1 Å². The number of benzene rings is 1. The lowest BCUT2D eigenvalue weighted by Crippen LogP contribution is -2.08. The van der Waals surface area contributed by atoms with Gasteiger partial charge in [0, 0.05) is 11.3 Å². The van der Waals surface area contributed by atoms with E-state index in [2.05, 4.69) is 14.7 Å². The van der Waals surface area contributed by atoms with Gasteiger partial charge in [-0.05, 0) is 35.9 Å². The summed E-state index contributed by atoms with van der Waals surface area (Å²) in [7, 11) is 1.14. The van der Waals surface area contributed by atoms with E-state index < -0.39 is 17.7 Å². The molecule has 9 heteroatoms. The van der Waals surface area contributed by atoms with Crippen LogP contribution in [0.25, 0.3) is 11.3 Å². The number of hydrogen-bond donors (Lipinski definition) is 1. The number of nitrogens with zero attached hydrogens (tertiary/aromatic N) is 2. The number of halogens is 4. The highest BCUT2D eigenvalue weighted by Gasteiger charge is 2.31. The normalized spacial score (nSPS) is 11.3. The van der Waals surface area contributed by atoms with Gasteiger partial charge in [-0.15, -0.1) is 0 Å². The molecule has 1 aromatic heterocycles. The van der Waals surface area contributed by atoms with E-state index in [4.69, 9.17) is 17.3 Å². The maximum absolute atomic E-state index is 12.8. The van der Waals surface area contributed by atoms with E-state index >= 15 is 0 Å². The summed E-state index contributed by atoms with van der Waals surface area (Å²) < 4.78 is 42.8. The molecule has 0 fully saturated rings. The van der Waals surface area contributed by atoms with Crippen LogP contribution in [-0.4, -0.2) is 23.0 Å². The van der Waals surface area contributed by atoms with Crippen molar-refractivity contribution in [2.45, 2.75) is 6.18 Å². The van der Waals surface area contributed by atoms with Crippen molar-refractivity contribution in [3.05, 3.63) is 40.8 Å². The van der Waals surface area contributed by atoms with Crippen molar-refractivity contribution in [1.82, 2.24) is 9.97 Å². The van der Waals surface area contributed by atoms with E-state index in [1.54, 1.807) is 0 Å². The van der Waals surface area contributed by atoms with Crippen molar-refractivity contribution in [3.8, 4) is 11.3 Å². The molecule has 2 aromatic rings. The third-order valence-electron chi connectivity index (χ3n) is 2.75. The van der Waals surface area contributed by atoms with Crippen LogP contribution in [0.1, 0.15) is 16.1 Å². The fourth-order valence-corrected chi connectivity index (χ4v) is 1.90. The number of carbonyl (C=O) groups excluding carboxylic acids is 1. The van der Waals surface area contributed by atoms with Crippen LogP contribution in [0.4, 0.5) is 18.9 Å². The molecule has 0 aliphatic rings. The van der Waals surface area contributed by atoms with E-state index in [-0.39, 0.29) is 27.9 Å². The number of anilines is 1. The molecule has 22 heavy (non-hydrogen) atoms. The van der Waals surface area contributed by atoms with Gasteiger partial charge in [-0.1, -0.05) is 0 Å². The minimum Gasteiger partial charge on any atom is -0.464 e. The molecular weight excluding hydrogens is 323 g/mol. The van der Waals surface area contributed by atoms with Gasteiger partial charge in [0.15, 0.2) is 5.69 Å². The van der Waals surface area contributed by atoms with E-state index in [9.17, 15) is 18.0 Å². The van der Waals surface area contributed by atoms with Gasteiger partial charge in [0.2, 0.25) is 5.28 Å². The van der Waals surface area contributed by atoms with E-state index in [0.717, 1.165) is 31.4 Å². The number of hydrogen-bond acceptors (Lipinski definition) is 5. The Bertz CT molecular complexity index is 735. The molecule has 0 spiro atoms. The first-order valence-corrected chi connectivity index (χ1v) is 6.20. The first kappa shape index (κ1) is 16.0. The van der Waals surface area contributed by atoms with Crippen LogP contribution in [0.3, 0.4) is 0 Å². The number of esters is 1. The van der Waals surface area contributed by atoms with Gasteiger partial charge in [0.1, 0.15) is 0 Å². The summed E-state index contributed by atoms with van der Waals surface area (Å²) in [5, 5.41) is -0.310. The standard InChI is InChI=1S/C13H9ClF3N3O2/c1-22-11(21)10-5-9(19-12(14)20-10)7-4-6(13(15,16)17)2-3-8(7)18/h2-5H,18H2,1H3. The molecule has 0 unspecified atom stereocenters. The molecule has 2 rings (SSSR count). The number of alkyl halides is 3. The molecule has 0 saturated heterocycles. The summed E-state index contributed by atoms with van der Waals surface area (Å²) in [4.78, 5) is 18.9. The minimum absolute atomic E-state index is 0.00993. The van der Waals surface area contributed by atoms with Gasteiger partial charge < -0.3 is 10.5 Å². The lowest BCUT2D eigenvalue weighted by atomic mass is 10.0. The summed E-state index contributed by atoms with van der Waals surface area (Å²) in [6, 6.07) is 3.94. The van der Waals surface area contributed by atoms with Crippen molar-refractivity contribution >= 4 is 23.3 Å². The van der Waals surface area contributed by atoms with Crippen molar-refractivity contribution in [2.24, 2.45) is 0 Å². The molecular formula is C13H9ClF3N3O2. The number of methoxy groups -OCH3 is 1. The number of nitrogens with two attached hydrogens (primary N) is 1. The predicted molar refractivity (Wildman–Crippen MR) is 73.2 cm³/mol. The summed E-state index contributed by atoms with van der Waals surface area (Å²) in [5.41, 5.74) is 4.64. The zero-order valence-electron chi connectivity index (χ0n) is 11.1. The summed E-state index contributed by atoms with van der Waals surface area (Å²) in [5.74, 6) is -0.795. The molecule has 0 aliphatic heterocycles. The second-order valence-corrected chi connectivity index (χ2v) is 4.54. The monoisotopic (exact) mass is 331 g/mol. The lowest BCUT2D eigenvalue weighted by molar-refractivity contribution is -0.137. The van der Waals surface area contributed by atoms with Gasteiger partial charge in [0.05, 0.1) is 18.4 Å². The zero-order valence-corrected chi connectivity index (χ0v) is 11.9. The number of nitrogen functional groups attached to an aromatic ring is 1. The minimum atomic E-state index is -4.54. The van der Waals surface area contributed by atoms with Crippen molar-refractivity contribution < 1.29 is 22.7 Å². The smallest absolute Gasteiger partial charge is 0.416 e. The Balaban J connectivity index is 2.61. The third-order valence-corrected chi connectivity index (χ3v) is 2.92. The lowest BCUT2D eigenvalue weighted by Gasteiger charge is -2.11. The molecule has 0 saturated carbocycles. The molecule has 5 nitrogen and oxygen atoms in total. The van der Waals surface area contributed by atoms with Crippen LogP contribution in [0.2, 0.25) is 5.28 Å². The van der Waals surface area contributed by atoms with Crippen molar-refractivity contribution in [1.29, 1.82) is 0 Å². The highest BCUT2D eigenvalue weighted by Crippen LogP contribution is 2.34. The van der Waals surface area contributed by atoms with Crippen LogP contribution >= 0.6 is 11.6 Å². The summed E-state index contributed by atoms with van der Waals surface area (Å²) in [6.45, 7) is 0. The highest BCUT2D eigenvalue weighted by atomic mass is 35.5. The van der Waals surface area contributed by atoms with Gasteiger partial charge in [-0.25, -0.2) is 14.8 Å². The number of carbonyl (C=O) groups is 1. The Hall–Kier alpha value is -2.35.